The van der Waals surface area contributed by atoms with E-state index < -0.39 is 5.82 Å². The van der Waals surface area contributed by atoms with E-state index in [1.54, 1.807) is 18.5 Å². The topological polar surface area (TPSA) is 63.1 Å². The van der Waals surface area contributed by atoms with Gasteiger partial charge in [0, 0.05) is 18.0 Å². The summed E-state index contributed by atoms with van der Waals surface area (Å²) in [7, 11) is 0. The molecule has 0 amide bonds. The highest BCUT2D eigenvalue weighted by molar-refractivity contribution is 5.42. The van der Waals surface area contributed by atoms with Crippen LogP contribution in [-0.2, 0) is 6.54 Å². The average molecular weight is 268 g/mol. The van der Waals surface area contributed by atoms with Crippen molar-refractivity contribution >= 4 is 5.52 Å². The summed E-state index contributed by atoms with van der Waals surface area (Å²) in [5.74, 6) is -0.440. The lowest BCUT2D eigenvalue weighted by Gasteiger charge is -2.07. The van der Waals surface area contributed by atoms with Crippen LogP contribution in [0.25, 0.3) is 5.52 Å². The van der Waals surface area contributed by atoms with E-state index in [9.17, 15) is 9.18 Å². The quantitative estimate of drug-likeness (QED) is 0.708. The molecule has 0 N–H and O–H groups in total. The molecule has 0 aliphatic rings. The van der Waals surface area contributed by atoms with Gasteiger partial charge in [0.05, 0.1) is 24.4 Å². The zero-order valence-corrected chi connectivity index (χ0v) is 10.3. The van der Waals surface area contributed by atoms with Crippen LogP contribution in [-0.4, -0.2) is 14.2 Å². The highest BCUT2D eigenvalue weighted by Crippen LogP contribution is 2.11. The van der Waals surface area contributed by atoms with Gasteiger partial charge in [-0.15, -0.1) is 0 Å². The van der Waals surface area contributed by atoms with Crippen molar-refractivity contribution in [2.75, 3.05) is 0 Å². The average Bonchev–Trinajstić information content (AvgIpc) is 2.93. The molecule has 3 rings (SSSR count). The van der Waals surface area contributed by atoms with Crippen LogP contribution in [0.5, 0.6) is 0 Å². The maximum atomic E-state index is 13.7. The number of hydrogen-bond donors (Lipinski definition) is 0. The van der Waals surface area contributed by atoms with E-state index in [0.29, 0.717) is 16.6 Å². The van der Waals surface area contributed by atoms with Crippen LogP contribution in [0.4, 0.5) is 4.39 Å². The fourth-order valence-electron chi connectivity index (χ4n) is 2.03. The van der Waals surface area contributed by atoms with Gasteiger partial charge in [-0.05, 0) is 24.3 Å². The number of hydrogen-bond acceptors (Lipinski definition) is 3. The van der Waals surface area contributed by atoms with Gasteiger partial charge in [0.1, 0.15) is 11.3 Å². The van der Waals surface area contributed by atoms with E-state index >= 15 is 0 Å². The minimum atomic E-state index is -0.440. The lowest BCUT2D eigenvalue weighted by atomic mass is 10.1. The van der Waals surface area contributed by atoms with Crippen LogP contribution < -0.4 is 5.56 Å². The normalized spacial score (nSPS) is 10.6. The highest BCUT2D eigenvalue weighted by atomic mass is 19.1. The van der Waals surface area contributed by atoms with E-state index in [2.05, 4.69) is 5.10 Å². The fourth-order valence-corrected chi connectivity index (χ4v) is 2.03. The largest absolute Gasteiger partial charge is 0.308 e. The van der Waals surface area contributed by atoms with Gasteiger partial charge in [-0.1, -0.05) is 0 Å². The van der Waals surface area contributed by atoms with Crippen LogP contribution in [0.3, 0.4) is 0 Å². The smallest absolute Gasteiger partial charge is 0.276 e. The fraction of sp³-hybridized carbons (Fsp3) is 0.0714. The highest BCUT2D eigenvalue weighted by Gasteiger charge is 2.08. The summed E-state index contributed by atoms with van der Waals surface area (Å²) in [6, 6.07) is 7.63. The number of halogens is 1. The third kappa shape index (κ3) is 1.95. The first-order valence-electron chi connectivity index (χ1n) is 5.90. The number of nitrogens with zero attached hydrogens (tertiary/aromatic N) is 4. The molecule has 5 nitrogen and oxygen atoms in total. The minimum Gasteiger partial charge on any atom is -0.308 e. The van der Waals surface area contributed by atoms with Crippen molar-refractivity contribution in [3.8, 4) is 6.07 Å². The van der Waals surface area contributed by atoms with E-state index in [-0.39, 0.29) is 12.1 Å². The number of nitriles is 1. The van der Waals surface area contributed by atoms with Gasteiger partial charge in [0.25, 0.3) is 5.56 Å². The van der Waals surface area contributed by atoms with Gasteiger partial charge in [0.15, 0.2) is 0 Å². The summed E-state index contributed by atoms with van der Waals surface area (Å²) >= 11 is 0. The van der Waals surface area contributed by atoms with Gasteiger partial charge in [-0.3, -0.25) is 4.79 Å². The van der Waals surface area contributed by atoms with Crippen molar-refractivity contribution in [1.29, 1.82) is 5.26 Å². The molecule has 0 unspecified atom stereocenters. The molecule has 2 heterocycles. The molecule has 0 bridgehead atoms. The van der Waals surface area contributed by atoms with Crippen molar-refractivity contribution in [1.82, 2.24) is 14.2 Å². The molecule has 0 aliphatic carbocycles. The summed E-state index contributed by atoms with van der Waals surface area (Å²) in [4.78, 5) is 12.2. The van der Waals surface area contributed by atoms with Gasteiger partial charge in [-0.25, -0.2) is 8.91 Å². The Morgan fingerprint density at radius 1 is 1.30 bits per heavy atom. The predicted octanol–water partition coefficient (Wildman–Crippen LogP) is 1.56. The van der Waals surface area contributed by atoms with Crippen molar-refractivity contribution in [2.45, 2.75) is 6.54 Å². The Balaban J connectivity index is 2.07. The van der Waals surface area contributed by atoms with E-state index in [0.717, 1.165) is 0 Å². The van der Waals surface area contributed by atoms with Crippen LogP contribution in [0.15, 0.2) is 47.7 Å². The third-order valence-corrected chi connectivity index (χ3v) is 3.05. The zero-order chi connectivity index (χ0) is 14.1. The SMILES string of the molecule is N#Cc1ccc(F)c(Cn2ccn3nccc3c2=O)c1. The molecule has 2 aromatic heterocycles. The van der Waals surface area contributed by atoms with Gasteiger partial charge in [0.2, 0.25) is 0 Å². The van der Waals surface area contributed by atoms with Crippen molar-refractivity contribution in [3.05, 3.63) is 70.2 Å². The van der Waals surface area contributed by atoms with Crippen LogP contribution in [0, 0.1) is 17.1 Å². The first kappa shape index (κ1) is 12.1. The molecule has 3 aromatic rings. The lowest BCUT2D eigenvalue weighted by Crippen LogP contribution is -2.22. The van der Waals surface area contributed by atoms with Gasteiger partial charge in [-0.2, -0.15) is 10.4 Å². The number of fused-ring (bicyclic) bond motifs is 1. The zero-order valence-electron chi connectivity index (χ0n) is 10.3. The Hall–Kier alpha value is -2.94. The molecule has 0 spiro atoms. The molecule has 0 saturated carbocycles. The van der Waals surface area contributed by atoms with Crippen LogP contribution >= 0.6 is 0 Å². The minimum absolute atomic E-state index is 0.0713. The second kappa shape index (κ2) is 4.63. The first-order chi connectivity index (χ1) is 9.69. The maximum Gasteiger partial charge on any atom is 0.276 e. The molecule has 0 radical (unpaired) electrons. The second-order valence-electron chi connectivity index (χ2n) is 4.31. The molecular formula is C14H9FN4O. The Bertz CT molecular complexity index is 888. The predicted molar refractivity (Wildman–Crippen MR) is 69.7 cm³/mol. The molecule has 98 valence electrons. The van der Waals surface area contributed by atoms with Crippen molar-refractivity contribution in [2.24, 2.45) is 0 Å². The molecule has 1 aromatic carbocycles. The Morgan fingerprint density at radius 3 is 2.95 bits per heavy atom. The third-order valence-electron chi connectivity index (χ3n) is 3.05. The Morgan fingerprint density at radius 2 is 2.15 bits per heavy atom. The summed E-state index contributed by atoms with van der Waals surface area (Å²) in [5.41, 5.74) is 0.825. The second-order valence-corrected chi connectivity index (χ2v) is 4.31. The maximum absolute atomic E-state index is 13.7. The standard InChI is InChI=1S/C14H9FN4O/c15-12-2-1-10(8-16)7-11(12)9-18-5-6-19-13(14(18)20)3-4-17-19/h1-7H,9H2. The Kier molecular flexibility index (Phi) is 2.80. The van der Waals surface area contributed by atoms with Gasteiger partial charge >= 0.3 is 0 Å². The van der Waals surface area contributed by atoms with E-state index in [1.165, 1.54) is 33.5 Å². The van der Waals surface area contributed by atoms with Crippen LogP contribution in [0.2, 0.25) is 0 Å². The summed E-state index contributed by atoms with van der Waals surface area (Å²) in [6.07, 6.45) is 4.70. The number of benzene rings is 1. The van der Waals surface area contributed by atoms with Crippen molar-refractivity contribution < 1.29 is 4.39 Å². The van der Waals surface area contributed by atoms with E-state index in [1.807, 2.05) is 6.07 Å². The molecular weight excluding hydrogens is 259 g/mol. The molecule has 20 heavy (non-hydrogen) atoms. The summed E-state index contributed by atoms with van der Waals surface area (Å²) in [6.45, 7) is 0.0713. The molecule has 0 fully saturated rings. The van der Waals surface area contributed by atoms with Gasteiger partial charge < -0.3 is 4.57 Å². The molecule has 0 aliphatic heterocycles. The molecule has 0 atom stereocenters. The van der Waals surface area contributed by atoms with E-state index in [4.69, 9.17) is 5.26 Å². The number of aromatic nitrogens is 3. The van der Waals surface area contributed by atoms with Crippen molar-refractivity contribution in [3.63, 3.8) is 0 Å². The summed E-state index contributed by atoms with van der Waals surface area (Å²) in [5, 5.41) is 12.8. The first-order valence-corrected chi connectivity index (χ1v) is 5.90. The number of rotatable bonds is 2. The molecule has 6 heteroatoms. The monoisotopic (exact) mass is 268 g/mol. The molecule has 0 saturated heterocycles. The van der Waals surface area contributed by atoms with Crippen LogP contribution in [0.1, 0.15) is 11.1 Å². The summed E-state index contributed by atoms with van der Waals surface area (Å²) < 4.78 is 16.6. The Labute approximate surface area is 113 Å². The lowest BCUT2D eigenvalue weighted by molar-refractivity contribution is 0.595.